The van der Waals surface area contributed by atoms with Crippen molar-refractivity contribution in [3.63, 3.8) is 0 Å². The van der Waals surface area contributed by atoms with Crippen molar-refractivity contribution in [1.29, 1.82) is 0 Å². The predicted molar refractivity (Wildman–Crippen MR) is 73.3 cm³/mol. The average Bonchev–Trinajstić information content (AvgIpc) is 2.40. The summed E-state index contributed by atoms with van der Waals surface area (Å²) in [7, 11) is 2.08. The molecule has 0 saturated carbocycles. The van der Waals surface area contributed by atoms with Crippen molar-refractivity contribution in [2.24, 2.45) is 0 Å². The van der Waals surface area contributed by atoms with Crippen molar-refractivity contribution in [2.75, 3.05) is 20.2 Å². The normalized spacial score (nSPS) is 19.9. The Morgan fingerprint density at radius 1 is 1.33 bits per heavy atom. The summed E-state index contributed by atoms with van der Waals surface area (Å²) in [5.41, 5.74) is -0.711. The summed E-state index contributed by atoms with van der Waals surface area (Å²) in [6, 6.07) is 1.49. The molecule has 2 heterocycles. The number of aromatic nitrogens is 1. The van der Waals surface area contributed by atoms with Gasteiger partial charge < -0.3 is 22.6 Å². The fourth-order valence-electron chi connectivity index (χ4n) is 2.52. The molecule has 1 aliphatic rings. The molecule has 1 aliphatic heterocycles. The van der Waals surface area contributed by atoms with Crippen LogP contribution in [0.25, 0.3) is 0 Å². The monoisotopic (exact) mass is 326 g/mol. The first-order valence-corrected chi connectivity index (χ1v) is 6.95. The van der Waals surface area contributed by atoms with Crippen LogP contribution in [0.15, 0.2) is 18.5 Å². The van der Waals surface area contributed by atoms with Gasteiger partial charge in [-0.25, -0.2) is 0 Å². The number of piperidine rings is 1. The van der Waals surface area contributed by atoms with Gasteiger partial charge in [-0.15, -0.1) is 0 Å². The van der Waals surface area contributed by atoms with Crippen LogP contribution in [-0.4, -0.2) is 43.1 Å². The SMILES string of the molecule is CN1CCCCC1CCOc1cncc([B-](F)(F)F)c1.[K+]. The van der Waals surface area contributed by atoms with Gasteiger partial charge in [0.05, 0.1) is 12.8 Å². The topological polar surface area (TPSA) is 25.4 Å². The molecule has 0 aromatic carbocycles. The van der Waals surface area contributed by atoms with Crippen LogP contribution in [0, 0.1) is 0 Å². The second-order valence-corrected chi connectivity index (χ2v) is 5.30. The molecule has 1 unspecified atom stereocenters. The summed E-state index contributed by atoms with van der Waals surface area (Å²) < 4.78 is 43.2. The number of hydrogen-bond acceptors (Lipinski definition) is 3. The van der Waals surface area contributed by atoms with Crippen LogP contribution in [-0.2, 0) is 0 Å². The zero-order valence-electron chi connectivity index (χ0n) is 12.6. The van der Waals surface area contributed by atoms with Gasteiger partial charge in [-0.05, 0) is 38.9 Å². The maximum absolute atomic E-state index is 12.6. The summed E-state index contributed by atoms with van der Waals surface area (Å²) in [6.07, 6.45) is 6.55. The standard InChI is InChI=1S/C13H19BF3N2O.K/c1-19-6-3-2-4-12(19)5-7-20-13-8-11(9-18-10-13)14(15,16)17;/h8-10,12H,2-7H2,1H3;/q-1;+1. The van der Waals surface area contributed by atoms with Gasteiger partial charge >= 0.3 is 58.4 Å². The van der Waals surface area contributed by atoms with Gasteiger partial charge in [0.25, 0.3) is 0 Å². The van der Waals surface area contributed by atoms with E-state index in [1.807, 2.05) is 0 Å². The van der Waals surface area contributed by atoms with E-state index in [2.05, 4.69) is 16.9 Å². The zero-order valence-corrected chi connectivity index (χ0v) is 15.7. The van der Waals surface area contributed by atoms with Crippen LogP contribution < -0.4 is 61.6 Å². The Labute approximate surface area is 166 Å². The summed E-state index contributed by atoms with van der Waals surface area (Å²) in [5.74, 6) is 0.195. The van der Waals surface area contributed by atoms with Crippen LogP contribution in [0.5, 0.6) is 5.75 Å². The van der Waals surface area contributed by atoms with Crippen molar-refractivity contribution in [3.8, 4) is 5.75 Å². The second kappa shape index (κ2) is 8.88. The molecule has 1 aromatic heterocycles. The van der Waals surface area contributed by atoms with Gasteiger partial charge in [0.1, 0.15) is 5.75 Å². The molecule has 1 fully saturated rings. The third-order valence-electron chi connectivity index (χ3n) is 3.75. The first-order chi connectivity index (χ1) is 9.47. The quantitative estimate of drug-likeness (QED) is 0.676. The first kappa shape index (κ1) is 19.4. The number of likely N-dealkylation sites (tertiary alicyclic amines) is 1. The Morgan fingerprint density at radius 2 is 2.10 bits per heavy atom. The van der Waals surface area contributed by atoms with Gasteiger partial charge in [0.15, 0.2) is 0 Å². The van der Waals surface area contributed by atoms with Gasteiger partial charge in [-0.1, -0.05) is 11.9 Å². The van der Waals surface area contributed by atoms with E-state index in [0.717, 1.165) is 31.6 Å². The molecule has 8 heteroatoms. The average molecular weight is 326 g/mol. The Balaban J connectivity index is 0.00000220. The molecule has 2 rings (SSSR count). The molecule has 3 nitrogen and oxygen atoms in total. The molecule has 0 aliphatic carbocycles. The van der Waals surface area contributed by atoms with E-state index in [-0.39, 0.29) is 57.1 Å². The van der Waals surface area contributed by atoms with Crippen LogP contribution in [0.3, 0.4) is 0 Å². The van der Waals surface area contributed by atoms with Gasteiger partial charge in [-0.3, -0.25) is 4.98 Å². The fourth-order valence-corrected chi connectivity index (χ4v) is 2.52. The number of hydrogen-bond donors (Lipinski definition) is 0. The smallest absolute Gasteiger partial charge is 0.492 e. The number of pyridine rings is 1. The number of ether oxygens (including phenoxy) is 1. The molecule has 0 amide bonds. The Hall–Kier alpha value is 0.401. The van der Waals surface area contributed by atoms with E-state index < -0.39 is 12.4 Å². The van der Waals surface area contributed by atoms with Crippen molar-refractivity contribution in [1.82, 2.24) is 9.88 Å². The maximum Gasteiger partial charge on any atom is 1.00 e. The van der Waals surface area contributed by atoms with Crippen molar-refractivity contribution in [3.05, 3.63) is 18.5 Å². The van der Waals surface area contributed by atoms with Crippen molar-refractivity contribution >= 4 is 12.4 Å². The summed E-state index contributed by atoms with van der Waals surface area (Å²) in [5, 5.41) is 0. The summed E-state index contributed by atoms with van der Waals surface area (Å²) >= 11 is 0. The molecule has 1 aromatic rings. The molecule has 0 bridgehead atoms. The first-order valence-electron chi connectivity index (χ1n) is 6.95. The van der Waals surface area contributed by atoms with Crippen LogP contribution in [0.1, 0.15) is 25.7 Å². The van der Waals surface area contributed by atoms with Crippen LogP contribution in [0.2, 0.25) is 0 Å². The van der Waals surface area contributed by atoms with E-state index >= 15 is 0 Å². The van der Waals surface area contributed by atoms with E-state index in [0.29, 0.717) is 12.6 Å². The Bertz CT molecular complexity index is 448. The van der Waals surface area contributed by atoms with Crippen molar-refractivity contribution in [2.45, 2.75) is 31.7 Å². The molecular weight excluding hydrogens is 307 g/mol. The number of nitrogens with zero attached hydrogens (tertiary/aromatic N) is 2. The third-order valence-corrected chi connectivity index (χ3v) is 3.75. The largest absolute Gasteiger partial charge is 1.00 e. The van der Waals surface area contributed by atoms with Crippen LogP contribution in [0.4, 0.5) is 12.9 Å². The maximum atomic E-state index is 12.6. The van der Waals surface area contributed by atoms with Crippen molar-refractivity contribution < 1.29 is 69.1 Å². The van der Waals surface area contributed by atoms with E-state index in [1.54, 1.807) is 0 Å². The minimum absolute atomic E-state index is 0. The van der Waals surface area contributed by atoms with Gasteiger partial charge in [-0.2, -0.15) is 0 Å². The van der Waals surface area contributed by atoms with E-state index in [1.165, 1.54) is 19.0 Å². The number of halogens is 3. The second-order valence-electron chi connectivity index (χ2n) is 5.30. The van der Waals surface area contributed by atoms with Gasteiger partial charge in [0.2, 0.25) is 0 Å². The van der Waals surface area contributed by atoms with E-state index in [4.69, 9.17) is 4.74 Å². The minimum Gasteiger partial charge on any atom is -0.492 e. The third kappa shape index (κ3) is 6.19. The Morgan fingerprint density at radius 3 is 2.76 bits per heavy atom. The molecule has 1 atom stereocenters. The Kier molecular flexibility index (Phi) is 8.23. The molecule has 0 radical (unpaired) electrons. The molecule has 21 heavy (non-hydrogen) atoms. The summed E-state index contributed by atoms with van der Waals surface area (Å²) in [4.78, 5) is 5.88. The minimum atomic E-state index is -5.02. The molecule has 0 spiro atoms. The van der Waals surface area contributed by atoms with Gasteiger partial charge in [0, 0.05) is 12.2 Å². The molecular formula is C13H19BF3KN2O. The fraction of sp³-hybridized carbons (Fsp3) is 0.615. The molecule has 1 saturated heterocycles. The van der Waals surface area contributed by atoms with E-state index in [9.17, 15) is 12.9 Å². The predicted octanol–water partition coefficient (Wildman–Crippen LogP) is -0.607. The molecule has 0 N–H and O–H groups in total. The zero-order chi connectivity index (χ0) is 14.6. The molecule has 112 valence electrons. The summed E-state index contributed by atoms with van der Waals surface area (Å²) in [6.45, 7) is -3.51. The van der Waals surface area contributed by atoms with Crippen LogP contribution >= 0.6 is 0 Å². The number of rotatable bonds is 5.